The van der Waals surface area contributed by atoms with E-state index in [9.17, 15) is 14.4 Å². The van der Waals surface area contributed by atoms with Crippen molar-refractivity contribution < 1.29 is 14.4 Å². The number of nitrogens with zero attached hydrogens (tertiary/aromatic N) is 3. The van der Waals surface area contributed by atoms with Crippen LogP contribution in [-0.4, -0.2) is 50.8 Å². The van der Waals surface area contributed by atoms with Crippen LogP contribution >= 0.6 is 11.3 Å². The molecule has 1 aliphatic heterocycles. The fourth-order valence-corrected chi connectivity index (χ4v) is 4.96. The number of imide groups is 1. The molecule has 1 aliphatic carbocycles. The van der Waals surface area contributed by atoms with Crippen molar-refractivity contribution in [2.45, 2.75) is 57.0 Å². The first-order valence-electron chi connectivity index (χ1n) is 10.3. The van der Waals surface area contributed by atoms with Crippen LogP contribution in [0.1, 0.15) is 44.0 Å². The molecule has 0 radical (unpaired) electrons. The number of nitrogens with one attached hydrogen (secondary N) is 2. The molecule has 2 fully saturated rings. The lowest BCUT2D eigenvalue weighted by Crippen LogP contribution is -2.50. The summed E-state index contributed by atoms with van der Waals surface area (Å²) in [6.07, 6.45) is 8.09. The van der Waals surface area contributed by atoms with E-state index in [2.05, 4.69) is 20.6 Å². The SMILES string of the molecule is CC(C(=O)NCCCc1nc(-c2ccncc2)cs1)N1C(=O)NC2(CCCC2)C1=O. The molecule has 4 amide bonds. The lowest BCUT2D eigenvalue weighted by Gasteiger charge is -2.23. The van der Waals surface area contributed by atoms with Gasteiger partial charge in [0.25, 0.3) is 5.91 Å². The highest BCUT2D eigenvalue weighted by Crippen LogP contribution is 2.35. The van der Waals surface area contributed by atoms with Gasteiger partial charge in [0.05, 0.1) is 10.7 Å². The summed E-state index contributed by atoms with van der Waals surface area (Å²) in [6.45, 7) is 2.06. The highest BCUT2D eigenvalue weighted by atomic mass is 32.1. The van der Waals surface area contributed by atoms with E-state index in [1.165, 1.54) is 0 Å². The van der Waals surface area contributed by atoms with Crippen LogP contribution in [0.5, 0.6) is 0 Å². The maximum Gasteiger partial charge on any atom is 0.325 e. The summed E-state index contributed by atoms with van der Waals surface area (Å²) in [7, 11) is 0. The molecule has 1 atom stereocenters. The number of hydrogen-bond acceptors (Lipinski definition) is 6. The fraction of sp³-hybridized carbons (Fsp3) is 0.476. The number of hydrogen-bond donors (Lipinski definition) is 2. The molecule has 1 spiro atoms. The number of aryl methyl sites for hydroxylation is 1. The molecule has 30 heavy (non-hydrogen) atoms. The number of urea groups is 1. The molecule has 4 rings (SSSR count). The summed E-state index contributed by atoms with van der Waals surface area (Å²) in [5.74, 6) is -0.579. The van der Waals surface area contributed by atoms with Crippen molar-refractivity contribution >= 4 is 29.2 Å². The first kappa shape index (κ1) is 20.5. The molecule has 8 nitrogen and oxygen atoms in total. The monoisotopic (exact) mass is 427 g/mol. The van der Waals surface area contributed by atoms with Crippen molar-refractivity contribution in [3.05, 3.63) is 34.9 Å². The number of amides is 4. The van der Waals surface area contributed by atoms with E-state index in [4.69, 9.17) is 0 Å². The van der Waals surface area contributed by atoms with E-state index < -0.39 is 17.6 Å². The van der Waals surface area contributed by atoms with Crippen molar-refractivity contribution in [1.29, 1.82) is 0 Å². The van der Waals surface area contributed by atoms with Gasteiger partial charge in [0, 0.05) is 36.3 Å². The van der Waals surface area contributed by atoms with Gasteiger partial charge in [0.15, 0.2) is 0 Å². The third kappa shape index (κ3) is 3.94. The number of aromatic nitrogens is 2. The highest BCUT2D eigenvalue weighted by Gasteiger charge is 2.54. The fourth-order valence-electron chi connectivity index (χ4n) is 4.11. The van der Waals surface area contributed by atoms with Crippen LogP contribution in [0, 0.1) is 0 Å². The van der Waals surface area contributed by atoms with Crippen molar-refractivity contribution in [2.75, 3.05) is 6.54 Å². The summed E-state index contributed by atoms with van der Waals surface area (Å²) >= 11 is 1.59. The largest absolute Gasteiger partial charge is 0.354 e. The van der Waals surface area contributed by atoms with E-state index >= 15 is 0 Å². The summed E-state index contributed by atoms with van der Waals surface area (Å²) in [4.78, 5) is 47.3. The number of carbonyl (C=O) groups excluding carboxylic acids is 3. The minimum Gasteiger partial charge on any atom is -0.354 e. The molecule has 2 aliphatic rings. The molecule has 1 saturated heterocycles. The highest BCUT2D eigenvalue weighted by molar-refractivity contribution is 7.09. The van der Waals surface area contributed by atoms with E-state index in [-0.39, 0.29) is 11.8 Å². The van der Waals surface area contributed by atoms with Crippen LogP contribution in [0.4, 0.5) is 4.79 Å². The quantitative estimate of drug-likeness (QED) is 0.522. The molecule has 2 N–H and O–H groups in total. The van der Waals surface area contributed by atoms with Crippen LogP contribution in [0.25, 0.3) is 11.3 Å². The Morgan fingerprint density at radius 2 is 2.03 bits per heavy atom. The second-order valence-corrected chi connectivity index (χ2v) is 8.77. The molecule has 158 valence electrons. The Bertz CT molecular complexity index is 939. The number of carbonyl (C=O) groups is 3. The minimum atomic E-state index is -0.823. The van der Waals surface area contributed by atoms with Gasteiger partial charge in [-0.15, -0.1) is 11.3 Å². The predicted octanol–water partition coefficient (Wildman–Crippen LogP) is 2.51. The molecule has 1 saturated carbocycles. The Kier molecular flexibility index (Phi) is 5.80. The van der Waals surface area contributed by atoms with Crippen LogP contribution < -0.4 is 10.6 Å². The molecule has 1 unspecified atom stereocenters. The lowest BCUT2D eigenvalue weighted by molar-refractivity contribution is -0.137. The summed E-state index contributed by atoms with van der Waals surface area (Å²) in [6, 6.07) is 2.56. The van der Waals surface area contributed by atoms with E-state index in [1.807, 2.05) is 17.5 Å². The Labute approximate surface area is 179 Å². The second-order valence-electron chi connectivity index (χ2n) is 7.83. The number of thiazole rings is 1. The zero-order valence-corrected chi connectivity index (χ0v) is 17.7. The van der Waals surface area contributed by atoms with Crippen LogP contribution in [0.2, 0.25) is 0 Å². The average molecular weight is 428 g/mol. The standard InChI is InChI=1S/C21H25N5O3S/c1-14(26-19(28)21(25-20(26)29)8-2-3-9-21)18(27)23-10-4-5-17-24-16(13-30-17)15-6-11-22-12-7-15/h6-7,11-14H,2-5,8-10H2,1H3,(H,23,27)(H,25,29). The van der Waals surface area contributed by atoms with Gasteiger partial charge in [0.2, 0.25) is 5.91 Å². The molecule has 3 heterocycles. The second kappa shape index (κ2) is 8.51. The predicted molar refractivity (Wildman–Crippen MR) is 113 cm³/mol. The van der Waals surface area contributed by atoms with Gasteiger partial charge in [-0.25, -0.2) is 14.7 Å². The van der Waals surface area contributed by atoms with E-state index in [0.29, 0.717) is 19.4 Å². The summed E-state index contributed by atoms with van der Waals surface area (Å²) in [5, 5.41) is 8.68. The smallest absolute Gasteiger partial charge is 0.325 e. The van der Waals surface area contributed by atoms with Gasteiger partial charge < -0.3 is 10.6 Å². The Morgan fingerprint density at radius 3 is 2.77 bits per heavy atom. The summed E-state index contributed by atoms with van der Waals surface area (Å²) < 4.78 is 0. The molecule has 9 heteroatoms. The number of rotatable bonds is 7. The normalized spacial score (nSPS) is 18.6. The van der Waals surface area contributed by atoms with Crippen LogP contribution in [-0.2, 0) is 16.0 Å². The van der Waals surface area contributed by atoms with Gasteiger partial charge in [-0.2, -0.15) is 0 Å². The molecule has 2 aromatic heterocycles. The zero-order chi connectivity index (χ0) is 21.1. The third-order valence-electron chi connectivity index (χ3n) is 5.81. The van der Waals surface area contributed by atoms with Crippen molar-refractivity contribution in [3.8, 4) is 11.3 Å². The molecule has 2 aromatic rings. The molecule has 0 aromatic carbocycles. The van der Waals surface area contributed by atoms with Gasteiger partial charge in [-0.05, 0) is 38.3 Å². The van der Waals surface area contributed by atoms with Gasteiger partial charge in [-0.3, -0.25) is 14.6 Å². The lowest BCUT2D eigenvalue weighted by atomic mass is 9.97. The average Bonchev–Trinajstić information content (AvgIpc) is 3.47. The van der Waals surface area contributed by atoms with Gasteiger partial charge in [0.1, 0.15) is 11.6 Å². The third-order valence-corrected chi connectivity index (χ3v) is 6.72. The minimum absolute atomic E-state index is 0.265. The van der Waals surface area contributed by atoms with E-state index in [1.54, 1.807) is 30.7 Å². The maximum atomic E-state index is 12.8. The first-order chi connectivity index (χ1) is 14.5. The molecule has 0 bridgehead atoms. The first-order valence-corrected chi connectivity index (χ1v) is 11.2. The topological polar surface area (TPSA) is 104 Å². The summed E-state index contributed by atoms with van der Waals surface area (Å²) in [5.41, 5.74) is 1.17. The molecular formula is C21H25N5O3S. The molecular weight excluding hydrogens is 402 g/mol. The van der Waals surface area contributed by atoms with E-state index in [0.717, 1.165) is 46.8 Å². The zero-order valence-electron chi connectivity index (χ0n) is 16.9. The van der Waals surface area contributed by atoms with Gasteiger partial charge in [-0.1, -0.05) is 12.8 Å². The Morgan fingerprint density at radius 1 is 1.30 bits per heavy atom. The number of pyridine rings is 1. The Hall–Kier alpha value is -2.81. The van der Waals surface area contributed by atoms with Crippen molar-refractivity contribution in [1.82, 2.24) is 25.5 Å². The Balaban J connectivity index is 1.26. The van der Waals surface area contributed by atoms with Crippen molar-refractivity contribution in [3.63, 3.8) is 0 Å². The van der Waals surface area contributed by atoms with Crippen LogP contribution in [0.3, 0.4) is 0 Å². The van der Waals surface area contributed by atoms with Crippen LogP contribution in [0.15, 0.2) is 29.9 Å². The van der Waals surface area contributed by atoms with Crippen molar-refractivity contribution in [2.24, 2.45) is 0 Å². The maximum absolute atomic E-state index is 12.8. The van der Waals surface area contributed by atoms with Gasteiger partial charge >= 0.3 is 6.03 Å².